The second-order valence-electron chi connectivity index (χ2n) is 4.62. The Morgan fingerprint density at radius 3 is 2.89 bits per heavy atom. The number of amides is 1. The van der Waals surface area contributed by atoms with Gasteiger partial charge in [-0.1, -0.05) is 6.07 Å². The fourth-order valence-electron chi connectivity index (χ4n) is 2.06. The minimum atomic E-state index is -1.05. The molecule has 3 N–H and O–H groups in total. The Balaban J connectivity index is 1.84. The molecule has 0 aromatic carbocycles. The second-order valence-corrected chi connectivity index (χ2v) is 4.62. The van der Waals surface area contributed by atoms with E-state index >= 15 is 0 Å². The highest BCUT2D eigenvalue weighted by Crippen LogP contribution is 2.10. The molecule has 1 saturated heterocycles. The summed E-state index contributed by atoms with van der Waals surface area (Å²) in [6.07, 6.45) is 3.41. The van der Waals surface area contributed by atoms with Crippen LogP contribution in [0.4, 0.5) is 0 Å². The number of piperidine rings is 1. The lowest BCUT2D eigenvalue weighted by Crippen LogP contribution is -2.40. The van der Waals surface area contributed by atoms with E-state index in [1.54, 1.807) is 6.07 Å². The first-order valence-electron chi connectivity index (χ1n) is 6.33. The molecule has 19 heavy (non-hydrogen) atoms. The van der Waals surface area contributed by atoms with Crippen molar-refractivity contribution < 1.29 is 14.7 Å². The van der Waals surface area contributed by atoms with Crippen LogP contribution in [0.5, 0.6) is 0 Å². The number of pyridine rings is 1. The van der Waals surface area contributed by atoms with Gasteiger partial charge in [-0.15, -0.1) is 0 Å². The number of rotatable bonds is 4. The molecule has 0 bridgehead atoms. The molecule has 1 atom stereocenters. The molecule has 6 heteroatoms. The normalized spacial score (nSPS) is 18.8. The molecule has 6 nitrogen and oxygen atoms in total. The fraction of sp³-hybridized carbons (Fsp3) is 0.462. The Labute approximate surface area is 111 Å². The zero-order valence-electron chi connectivity index (χ0n) is 10.6. The monoisotopic (exact) mass is 263 g/mol. The van der Waals surface area contributed by atoms with E-state index in [0.717, 1.165) is 31.5 Å². The summed E-state index contributed by atoms with van der Waals surface area (Å²) in [5, 5.41) is 14.8. The number of aromatic nitrogens is 1. The van der Waals surface area contributed by atoms with E-state index in [-0.39, 0.29) is 17.5 Å². The van der Waals surface area contributed by atoms with Crippen LogP contribution in [0.3, 0.4) is 0 Å². The first-order chi connectivity index (χ1) is 9.16. The second kappa shape index (κ2) is 6.29. The minimum Gasteiger partial charge on any atom is -0.477 e. The summed E-state index contributed by atoms with van der Waals surface area (Å²) < 4.78 is 0. The highest BCUT2D eigenvalue weighted by molar-refractivity contribution is 5.85. The molecule has 2 rings (SSSR count). The number of nitrogens with zero attached hydrogens (tertiary/aromatic N) is 1. The summed E-state index contributed by atoms with van der Waals surface area (Å²) >= 11 is 0. The van der Waals surface area contributed by atoms with Gasteiger partial charge >= 0.3 is 5.97 Å². The molecule has 1 aliphatic heterocycles. The maximum Gasteiger partial charge on any atom is 0.354 e. The van der Waals surface area contributed by atoms with Crippen LogP contribution in [0.1, 0.15) is 28.9 Å². The molecule has 0 saturated carbocycles. The van der Waals surface area contributed by atoms with Gasteiger partial charge in [0.25, 0.3) is 0 Å². The zero-order valence-corrected chi connectivity index (χ0v) is 10.6. The van der Waals surface area contributed by atoms with Crippen molar-refractivity contribution in [3.63, 3.8) is 0 Å². The molecule has 1 aromatic rings. The number of hydrogen-bond donors (Lipinski definition) is 3. The van der Waals surface area contributed by atoms with Crippen LogP contribution in [-0.4, -0.2) is 35.1 Å². The third-order valence-electron chi connectivity index (χ3n) is 3.18. The number of carboxylic acids is 1. The van der Waals surface area contributed by atoms with E-state index in [1.807, 2.05) is 0 Å². The zero-order chi connectivity index (χ0) is 13.7. The lowest BCUT2D eigenvalue weighted by atomic mass is 9.99. The third-order valence-corrected chi connectivity index (χ3v) is 3.18. The Morgan fingerprint density at radius 1 is 1.47 bits per heavy atom. The van der Waals surface area contributed by atoms with Crippen LogP contribution in [-0.2, 0) is 11.3 Å². The van der Waals surface area contributed by atoms with Gasteiger partial charge in [-0.25, -0.2) is 9.78 Å². The van der Waals surface area contributed by atoms with E-state index in [9.17, 15) is 9.59 Å². The highest BCUT2D eigenvalue weighted by Gasteiger charge is 2.20. The van der Waals surface area contributed by atoms with Crippen molar-refractivity contribution in [2.24, 2.45) is 5.92 Å². The smallest absolute Gasteiger partial charge is 0.354 e. The molecule has 1 aromatic heterocycles. The fourth-order valence-corrected chi connectivity index (χ4v) is 2.06. The van der Waals surface area contributed by atoms with Crippen LogP contribution in [0.15, 0.2) is 18.3 Å². The van der Waals surface area contributed by atoms with Gasteiger partial charge in [-0.2, -0.15) is 0 Å². The number of carbonyl (C=O) groups excluding carboxylic acids is 1. The van der Waals surface area contributed by atoms with E-state index in [2.05, 4.69) is 15.6 Å². The number of aromatic carboxylic acids is 1. The minimum absolute atomic E-state index is 0.00607. The van der Waals surface area contributed by atoms with Gasteiger partial charge < -0.3 is 15.7 Å². The molecule has 1 fully saturated rings. The van der Waals surface area contributed by atoms with Crippen molar-refractivity contribution in [2.45, 2.75) is 19.4 Å². The first-order valence-corrected chi connectivity index (χ1v) is 6.33. The van der Waals surface area contributed by atoms with Gasteiger partial charge in [0, 0.05) is 19.3 Å². The topological polar surface area (TPSA) is 91.3 Å². The molecule has 0 unspecified atom stereocenters. The van der Waals surface area contributed by atoms with E-state index in [4.69, 9.17) is 5.11 Å². The third kappa shape index (κ3) is 3.75. The van der Waals surface area contributed by atoms with Crippen LogP contribution < -0.4 is 10.6 Å². The number of carbonyl (C=O) groups is 2. The van der Waals surface area contributed by atoms with E-state index in [0.29, 0.717) is 6.54 Å². The first kappa shape index (κ1) is 13.5. The van der Waals surface area contributed by atoms with Crippen LogP contribution in [0.25, 0.3) is 0 Å². The number of carboxylic acid groups (broad SMARTS) is 1. The molecule has 1 aliphatic rings. The van der Waals surface area contributed by atoms with Gasteiger partial charge in [-0.3, -0.25) is 4.79 Å². The van der Waals surface area contributed by atoms with Crippen LogP contribution in [0.2, 0.25) is 0 Å². The Hall–Kier alpha value is -1.95. The Kier molecular flexibility index (Phi) is 4.46. The van der Waals surface area contributed by atoms with Gasteiger partial charge in [0.05, 0.1) is 5.92 Å². The van der Waals surface area contributed by atoms with Crippen LogP contribution in [0, 0.1) is 5.92 Å². The Bertz CT molecular complexity index is 453. The van der Waals surface area contributed by atoms with Crippen molar-refractivity contribution in [1.82, 2.24) is 15.6 Å². The lowest BCUT2D eigenvalue weighted by Gasteiger charge is -2.21. The number of nitrogens with one attached hydrogen (secondary N) is 2. The van der Waals surface area contributed by atoms with Crippen molar-refractivity contribution in [3.8, 4) is 0 Å². The summed E-state index contributed by atoms with van der Waals surface area (Å²) in [5.74, 6) is -0.988. The summed E-state index contributed by atoms with van der Waals surface area (Å²) in [5.41, 5.74) is 0.800. The van der Waals surface area contributed by atoms with Crippen molar-refractivity contribution in [1.29, 1.82) is 0 Å². The maximum atomic E-state index is 11.9. The molecule has 0 radical (unpaired) electrons. The summed E-state index contributed by atoms with van der Waals surface area (Å²) in [7, 11) is 0. The van der Waals surface area contributed by atoms with Crippen molar-refractivity contribution >= 4 is 11.9 Å². The van der Waals surface area contributed by atoms with Gasteiger partial charge in [0.15, 0.2) is 0 Å². The van der Waals surface area contributed by atoms with E-state index < -0.39 is 5.97 Å². The highest BCUT2D eigenvalue weighted by atomic mass is 16.4. The molecule has 0 aliphatic carbocycles. The molecular weight excluding hydrogens is 246 g/mol. The molecule has 102 valence electrons. The average molecular weight is 263 g/mol. The molecule has 0 spiro atoms. The molecule has 2 heterocycles. The predicted octanol–water partition coefficient (Wildman–Crippen LogP) is 0.396. The largest absolute Gasteiger partial charge is 0.477 e. The molecule has 1 amide bonds. The van der Waals surface area contributed by atoms with Crippen molar-refractivity contribution in [3.05, 3.63) is 29.6 Å². The maximum absolute atomic E-state index is 11.9. The van der Waals surface area contributed by atoms with Gasteiger partial charge in [0.1, 0.15) is 5.69 Å². The van der Waals surface area contributed by atoms with Gasteiger partial charge in [-0.05, 0) is 31.0 Å². The van der Waals surface area contributed by atoms with Crippen LogP contribution >= 0.6 is 0 Å². The Morgan fingerprint density at radius 2 is 2.32 bits per heavy atom. The van der Waals surface area contributed by atoms with Crippen molar-refractivity contribution in [2.75, 3.05) is 13.1 Å². The molecular formula is C13H17N3O3. The summed E-state index contributed by atoms with van der Waals surface area (Å²) in [6, 6.07) is 3.10. The lowest BCUT2D eigenvalue weighted by molar-refractivity contribution is -0.125. The van der Waals surface area contributed by atoms with E-state index in [1.165, 1.54) is 12.3 Å². The quantitative estimate of drug-likeness (QED) is 0.731. The standard InChI is InChI=1S/C13H17N3O3/c17-12(10-2-1-5-14-8-10)16-7-9-3-4-11(13(18)19)15-6-9/h3-4,6,10,14H,1-2,5,7-8H2,(H,16,17)(H,18,19)/t10-/m0/s1. The predicted molar refractivity (Wildman–Crippen MR) is 68.6 cm³/mol. The SMILES string of the molecule is O=C(O)c1ccc(CNC(=O)[C@H]2CCCNC2)cn1. The number of hydrogen-bond acceptors (Lipinski definition) is 4. The summed E-state index contributed by atoms with van der Waals surface area (Å²) in [4.78, 5) is 26.3. The summed E-state index contributed by atoms with van der Waals surface area (Å²) in [6.45, 7) is 2.08. The average Bonchev–Trinajstić information content (AvgIpc) is 2.46. The van der Waals surface area contributed by atoms with Gasteiger partial charge in [0.2, 0.25) is 5.91 Å².